The van der Waals surface area contributed by atoms with E-state index in [9.17, 15) is 23.8 Å². The molecule has 12 aromatic rings. The van der Waals surface area contributed by atoms with E-state index >= 15 is 28.8 Å². The highest BCUT2D eigenvalue weighted by Crippen LogP contribution is 2.46. The summed E-state index contributed by atoms with van der Waals surface area (Å²) >= 11 is 0. The Morgan fingerprint density at radius 2 is 0.492 bits per heavy atom. The first-order valence-corrected chi connectivity index (χ1v) is 42.9. The monoisotopic (exact) mass is 1810 g/mol. The first-order valence-electron chi connectivity index (χ1n) is 41.8. The maximum Gasteiger partial charge on any atom is 0.697 e. The highest BCUT2D eigenvalue weighted by atomic mass is 31.1. The number of ether oxygens (including phenoxy) is 17. The number of rotatable bonds is 34. The van der Waals surface area contributed by atoms with E-state index in [4.69, 9.17) is 85.1 Å². The Hall–Kier alpha value is -14.8. The molecular formula is C102H86O29P+. The van der Waals surface area contributed by atoms with Gasteiger partial charge in [0, 0.05) is 4.57 Å². The van der Waals surface area contributed by atoms with Gasteiger partial charge in [0.15, 0.2) is 55.3 Å². The van der Waals surface area contributed by atoms with E-state index in [1.165, 1.54) is 184 Å². The lowest BCUT2D eigenvalue weighted by Crippen LogP contribution is -2.69. The van der Waals surface area contributed by atoms with Crippen LogP contribution in [0.5, 0.6) is 11.5 Å². The topological polar surface area (TPSA) is 357 Å². The molecule has 3 heterocycles. The zero-order valence-electron chi connectivity index (χ0n) is 70.6. The number of hydrogen-bond donors (Lipinski definition) is 1. The van der Waals surface area contributed by atoms with Gasteiger partial charge >= 0.3 is 62.0 Å². The molecule has 30 heteroatoms. The number of hydrogen-bond acceptors (Lipinski definition) is 28. The van der Waals surface area contributed by atoms with Crippen molar-refractivity contribution in [1.29, 1.82) is 0 Å². The minimum Gasteiger partial charge on any atom is -0.497 e. The molecule has 0 spiro atoms. The summed E-state index contributed by atoms with van der Waals surface area (Å²) in [5.74, 6) is -9.19. The van der Waals surface area contributed by atoms with Gasteiger partial charge < -0.3 is 80.5 Å². The third-order valence-corrected chi connectivity index (χ3v) is 22.1. The fraction of sp³-hybridized carbons (Fsp3) is 0.206. The van der Waals surface area contributed by atoms with Crippen LogP contribution in [0, 0.1) is 0 Å². The lowest BCUT2D eigenvalue weighted by Gasteiger charge is -2.50. The predicted octanol–water partition coefficient (Wildman–Crippen LogP) is 14.9. The normalized spacial score (nSPS) is 21.6. The maximum atomic E-state index is 16.0. The Labute approximate surface area is 757 Å². The summed E-state index contributed by atoms with van der Waals surface area (Å²) in [4.78, 5) is 148. The second-order valence-corrected chi connectivity index (χ2v) is 30.8. The van der Waals surface area contributed by atoms with Crippen LogP contribution >= 0.6 is 8.25 Å². The van der Waals surface area contributed by atoms with Crippen molar-refractivity contribution in [1.82, 2.24) is 0 Å². The Balaban J connectivity index is 0.991. The molecule has 0 bridgehead atoms. The van der Waals surface area contributed by atoms with E-state index in [1.807, 2.05) is 0 Å². The third kappa shape index (κ3) is 22.4. The van der Waals surface area contributed by atoms with Gasteiger partial charge in [-0.1, -0.05) is 223 Å². The van der Waals surface area contributed by atoms with Crippen molar-refractivity contribution in [3.05, 3.63) is 419 Å². The molecular weight excluding hydrogens is 1720 g/mol. The first-order chi connectivity index (χ1) is 64.4. The summed E-state index contributed by atoms with van der Waals surface area (Å²) in [5, 5.41) is 0. The summed E-state index contributed by atoms with van der Waals surface area (Å²) in [7, 11) is -0.833. The first kappa shape index (κ1) is 92.0. The number of carbonyl (C=O) groups excluding carboxylic acids is 9. The van der Waals surface area contributed by atoms with Crippen LogP contribution in [0.4, 0.5) is 0 Å². The fourth-order valence-corrected chi connectivity index (χ4v) is 15.6. The van der Waals surface area contributed by atoms with Gasteiger partial charge in [-0.2, -0.15) is 0 Å². The zero-order chi connectivity index (χ0) is 91.9. The van der Waals surface area contributed by atoms with Crippen molar-refractivity contribution in [2.24, 2.45) is 0 Å². The van der Waals surface area contributed by atoms with Gasteiger partial charge in [0.25, 0.3) is 6.29 Å². The van der Waals surface area contributed by atoms with Gasteiger partial charge in [0.2, 0.25) is 0 Å². The van der Waals surface area contributed by atoms with Crippen LogP contribution < -0.4 is 9.47 Å². The van der Waals surface area contributed by atoms with Crippen LogP contribution in [0.15, 0.2) is 352 Å². The lowest BCUT2D eigenvalue weighted by atomic mass is 9.80. The van der Waals surface area contributed by atoms with Gasteiger partial charge in [-0.25, -0.2) is 43.2 Å². The molecule has 0 saturated carbocycles. The largest absolute Gasteiger partial charge is 0.697 e. The molecule has 0 aromatic heterocycles. The van der Waals surface area contributed by atoms with E-state index in [-0.39, 0.29) is 50.1 Å². The molecule has 16 atom stereocenters. The van der Waals surface area contributed by atoms with E-state index < -0.39 is 180 Å². The van der Waals surface area contributed by atoms with Gasteiger partial charge in [-0.3, -0.25) is 0 Å². The van der Waals surface area contributed by atoms with Crippen LogP contribution in [0.3, 0.4) is 0 Å². The smallest absolute Gasteiger partial charge is 0.497 e. The third-order valence-electron chi connectivity index (χ3n) is 21.7. The minimum absolute atomic E-state index is 0.0101. The number of esters is 9. The van der Waals surface area contributed by atoms with Crippen LogP contribution in [-0.4, -0.2) is 185 Å². The zero-order valence-corrected chi connectivity index (χ0v) is 71.5. The Morgan fingerprint density at radius 3 is 0.803 bits per heavy atom. The second kappa shape index (κ2) is 44.0. The van der Waals surface area contributed by atoms with E-state index in [1.54, 1.807) is 182 Å². The van der Waals surface area contributed by atoms with Crippen LogP contribution in [0.2, 0.25) is 0 Å². The maximum absolute atomic E-state index is 16.0. The molecule has 132 heavy (non-hydrogen) atoms. The molecule has 29 nitrogen and oxygen atoms in total. The van der Waals surface area contributed by atoms with Crippen molar-refractivity contribution in [3.8, 4) is 11.5 Å². The van der Waals surface area contributed by atoms with Crippen molar-refractivity contribution >= 4 is 62.0 Å². The quantitative estimate of drug-likeness (QED) is 0.0169. The lowest BCUT2D eigenvalue weighted by molar-refractivity contribution is -0.376. The van der Waals surface area contributed by atoms with E-state index in [2.05, 4.69) is 0 Å². The van der Waals surface area contributed by atoms with Crippen molar-refractivity contribution in [2.45, 2.75) is 97.7 Å². The Kier molecular flexibility index (Phi) is 30.7. The summed E-state index contributed by atoms with van der Waals surface area (Å²) in [5.41, 5.74) is -1.41. The minimum atomic E-state index is -3.80. The van der Waals surface area contributed by atoms with Crippen molar-refractivity contribution in [2.75, 3.05) is 34.0 Å². The predicted molar refractivity (Wildman–Crippen MR) is 468 cm³/mol. The summed E-state index contributed by atoms with van der Waals surface area (Å²) in [6.45, 7) is -2.78. The van der Waals surface area contributed by atoms with Crippen LogP contribution in [0.1, 0.15) is 110 Å². The molecule has 3 aliphatic rings. The van der Waals surface area contributed by atoms with E-state index in [0.29, 0.717) is 28.2 Å². The molecule has 1 unspecified atom stereocenters. The van der Waals surface area contributed by atoms with E-state index in [0.717, 1.165) is 0 Å². The molecule has 1 N–H and O–H groups in total. The molecule has 0 radical (unpaired) electrons. The van der Waals surface area contributed by atoms with Crippen LogP contribution in [0.25, 0.3) is 0 Å². The second-order valence-electron chi connectivity index (χ2n) is 30.1. The van der Waals surface area contributed by atoms with Gasteiger partial charge in [0.05, 0.1) is 70.9 Å². The Bertz CT molecular complexity index is 5840. The van der Waals surface area contributed by atoms with Crippen molar-refractivity contribution < 1.29 is 138 Å². The SMILES string of the molecule is COc1ccc(C(OC[C@H]2O[C@@H](O[C@H]3[C@H](OC(=O)c4ccccc4)[C@H](OC(=O)c4ccccc4)[C@@H](O[P+](=O)O)O[C@@H]3COC(=O)c3ccccc3)[C@H](OC(=O)c3ccccc3)[C@@H](O[C@@H]3O[C@H](COC(=O)c4ccccc4)[C@@H](OC(=O)c4ccccc4)[C@H](OC(=O)c4ccccc4)[C@H]3OC(=O)c3ccccc3)[C@H]2OC(=O)c2ccccc2)(c2ccccc2)c2ccc(OC)cc2)cc1. The molecule has 0 aliphatic carbocycles. The highest BCUT2D eigenvalue weighted by molar-refractivity contribution is 7.32. The average Bonchev–Trinajstić information content (AvgIpc) is 0.752. The molecule has 3 saturated heterocycles. The van der Waals surface area contributed by atoms with Gasteiger partial charge in [0.1, 0.15) is 60.8 Å². The molecule has 672 valence electrons. The standard InChI is InChI=1S/C102H85O29P/c1-114-76-57-53-74(54-58-76)102(73-51-31-12-32-52-73,75-55-59-77(115-2)60-56-75)118-63-80-82(123-93(106)67-39-19-6-20-40-67)86(130-100-87(126-96(109)70-45-25-9-26-46-70)84(124-94(107)68-41-21-7-22-42-68)81(122-92(105)66-37-17-5-18-38-66)78(119-100)61-116-90(103)64-33-13-3-14-34-64)88(127-97(110)71-47-27-10-28-48-71)99(120-80)129-83-79(62-117-91(104)65-35-15-4-16-36-65)121-101(131-132(112)113)89(128-98(111)72-49-29-11-30-50-72)85(83)125-95(108)69-43-23-8-24-44-69/h3-60,78-89,99-101H,61-63H2,1-2H3/p+1/t78-,79-,80-,81-,82+,83-,84+,85+,86+,87-,88-,89+,99+,100+,101-/m1/s1. The number of methoxy groups -OCH3 is 2. The number of carbonyl (C=O) groups is 9. The molecule has 15 rings (SSSR count). The van der Waals surface area contributed by atoms with Gasteiger partial charge in [-0.15, -0.1) is 4.89 Å². The highest BCUT2D eigenvalue weighted by Gasteiger charge is 2.62. The molecule has 3 fully saturated rings. The molecule has 3 aliphatic heterocycles. The number of benzene rings is 12. The molecule has 0 amide bonds. The summed E-state index contributed by atoms with van der Waals surface area (Å²) in [6, 6.07) is 90.0. The van der Waals surface area contributed by atoms with Crippen LogP contribution in [-0.2, 0) is 85.7 Å². The summed E-state index contributed by atoms with van der Waals surface area (Å²) in [6.07, 6.45) is -33.3. The average molecular weight is 1810 g/mol. The summed E-state index contributed by atoms with van der Waals surface area (Å²) < 4.78 is 133. The van der Waals surface area contributed by atoms with Gasteiger partial charge in [-0.05, 0) is 150 Å². The Morgan fingerprint density at radius 1 is 0.265 bits per heavy atom. The fourth-order valence-electron chi connectivity index (χ4n) is 15.3. The molecule has 12 aromatic carbocycles. The van der Waals surface area contributed by atoms with Crippen molar-refractivity contribution in [3.63, 3.8) is 0 Å².